The Morgan fingerprint density at radius 2 is 1.83 bits per heavy atom. The zero-order valence-corrected chi connectivity index (χ0v) is 28.1. The molecule has 1 aliphatic carbocycles. The van der Waals surface area contributed by atoms with Crippen molar-refractivity contribution >= 4 is 35.1 Å². The van der Waals surface area contributed by atoms with Gasteiger partial charge in [-0.05, 0) is 92.8 Å². The molecule has 2 aromatic carbocycles. The van der Waals surface area contributed by atoms with Crippen molar-refractivity contribution in [2.45, 2.75) is 70.6 Å². The number of rotatable bonds is 12. The lowest BCUT2D eigenvalue weighted by molar-refractivity contribution is -0.120. The molecule has 246 valence electrons. The lowest BCUT2D eigenvalue weighted by Gasteiger charge is -2.37. The molecule has 2 amide bonds. The number of carbonyl (C=O) groups excluding carboxylic acids is 2. The molecular weight excluding hydrogens is 604 g/mol. The summed E-state index contributed by atoms with van der Waals surface area (Å²) in [7, 11) is 5.30. The average Bonchev–Trinajstić information content (AvgIpc) is 3.06. The highest BCUT2D eigenvalue weighted by Crippen LogP contribution is 2.43. The molecule has 0 radical (unpaired) electrons. The lowest BCUT2D eigenvalue weighted by Crippen LogP contribution is -2.41. The number of benzene rings is 2. The predicted molar refractivity (Wildman–Crippen MR) is 181 cm³/mol. The maximum atomic E-state index is 13.8. The molecule has 0 bridgehead atoms. The van der Waals surface area contributed by atoms with E-state index in [1.165, 1.54) is 0 Å². The molecule has 1 saturated carbocycles. The van der Waals surface area contributed by atoms with Crippen LogP contribution in [-0.2, 0) is 16.0 Å². The van der Waals surface area contributed by atoms with E-state index in [1.807, 2.05) is 57.3 Å². The Hall–Kier alpha value is -3.89. The van der Waals surface area contributed by atoms with Gasteiger partial charge in [-0.1, -0.05) is 23.7 Å². The highest BCUT2D eigenvalue weighted by atomic mass is 35.5. The van der Waals surface area contributed by atoms with E-state index in [1.54, 1.807) is 31.5 Å². The number of halogens is 1. The number of hydrogen-bond acceptors (Lipinski definition) is 8. The van der Waals surface area contributed by atoms with Gasteiger partial charge in [-0.25, -0.2) is 9.97 Å². The number of amides is 2. The highest BCUT2D eigenvalue weighted by Gasteiger charge is 2.37. The van der Waals surface area contributed by atoms with Gasteiger partial charge in [0.2, 0.25) is 11.8 Å². The summed E-state index contributed by atoms with van der Waals surface area (Å²) >= 11 is 6.25. The zero-order valence-electron chi connectivity index (χ0n) is 27.4. The molecule has 2 heterocycles. The molecule has 1 unspecified atom stereocenters. The summed E-state index contributed by atoms with van der Waals surface area (Å²) in [6, 6.07) is 11.4. The molecule has 11 heteroatoms. The fourth-order valence-corrected chi connectivity index (χ4v) is 6.53. The summed E-state index contributed by atoms with van der Waals surface area (Å²) in [6.07, 6.45) is 9.10. The SMILES string of the molecule is CNC(=O)CNC1CCC(CCN(C)c2cnc(N3C(=O)Cc4cc(OC)c(OC(C)C)cc4C3c3ccc(Cl)cc3)cn2)CC1. The highest BCUT2D eigenvalue weighted by molar-refractivity contribution is 6.30. The number of methoxy groups -OCH3 is 1. The van der Waals surface area contributed by atoms with E-state index < -0.39 is 6.04 Å². The third-order valence-electron chi connectivity index (χ3n) is 8.95. The van der Waals surface area contributed by atoms with Crippen LogP contribution in [0.15, 0.2) is 48.8 Å². The van der Waals surface area contributed by atoms with Gasteiger partial charge in [-0.15, -0.1) is 0 Å². The first-order valence-electron chi connectivity index (χ1n) is 16.1. The molecule has 1 aromatic heterocycles. The number of aromatic nitrogens is 2. The summed E-state index contributed by atoms with van der Waals surface area (Å²) < 4.78 is 11.7. The van der Waals surface area contributed by atoms with E-state index >= 15 is 0 Å². The summed E-state index contributed by atoms with van der Waals surface area (Å²) in [6.45, 7) is 5.18. The zero-order chi connectivity index (χ0) is 32.8. The second-order valence-electron chi connectivity index (χ2n) is 12.5. The van der Waals surface area contributed by atoms with Crippen molar-refractivity contribution in [3.63, 3.8) is 0 Å². The quantitative estimate of drug-likeness (QED) is 0.272. The molecule has 2 N–H and O–H groups in total. The minimum absolute atomic E-state index is 0.0249. The van der Waals surface area contributed by atoms with Crippen LogP contribution in [0, 0.1) is 5.92 Å². The molecule has 1 atom stereocenters. The molecule has 1 fully saturated rings. The Kier molecular flexibility index (Phi) is 11.0. The van der Waals surface area contributed by atoms with Crippen LogP contribution < -0.4 is 29.9 Å². The van der Waals surface area contributed by atoms with Gasteiger partial charge in [0.05, 0.1) is 44.6 Å². The predicted octanol–water partition coefficient (Wildman–Crippen LogP) is 5.33. The summed E-state index contributed by atoms with van der Waals surface area (Å²) in [5, 5.41) is 6.65. The minimum Gasteiger partial charge on any atom is -0.493 e. The van der Waals surface area contributed by atoms with E-state index in [2.05, 4.69) is 15.5 Å². The molecule has 46 heavy (non-hydrogen) atoms. The maximum absolute atomic E-state index is 13.8. The van der Waals surface area contributed by atoms with Crippen molar-refractivity contribution in [2.24, 2.45) is 5.92 Å². The van der Waals surface area contributed by atoms with Crippen molar-refractivity contribution in [1.82, 2.24) is 20.6 Å². The van der Waals surface area contributed by atoms with Gasteiger partial charge in [-0.2, -0.15) is 0 Å². The maximum Gasteiger partial charge on any atom is 0.233 e. The molecule has 0 saturated heterocycles. The number of anilines is 2. The molecule has 1 aliphatic heterocycles. The number of carbonyl (C=O) groups is 2. The number of likely N-dealkylation sites (N-methyl/N-ethyl adjacent to an activating group) is 1. The van der Waals surface area contributed by atoms with Crippen molar-refractivity contribution < 1.29 is 19.1 Å². The first-order chi connectivity index (χ1) is 22.2. The van der Waals surface area contributed by atoms with Gasteiger partial charge >= 0.3 is 0 Å². The fraction of sp³-hybridized carbons (Fsp3) is 0.486. The Labute approximate surface area is 276 Å². The monoisotopic (exact) mass is 648 g/mol. The van der Waals surface area contributed by atoms with E-state index in [0.717, 1.165) is 61.2 Å². The third kappa shape index (κ3) is 7.90. The van der Waals surface area contributed by atoms with Gasteiger partial charge < -0.3 is 25.0 Å². The lowest BCUT2D eigenvalue weighted by atomic mass is 9.84. The Morgan fingerprint density at radius 3 is 2.46 bits per heavy atom. The molecule has 2 aliphatic rings. The molecule has 5 rings (SSSR count). The van der Waals surface area contributed by atoms with Crippen LogP contribution in [0.25, 0.3) is 0 Å². The number of hydrogen-bond donors (Lipinski definition) is 2. The van der Waals surface area contributed by atoms with Crippen molar-refractivity contribution in [1.29, 1.82) is 0 Å². The van der Waals surface area contributed by atoms with Crippen LogP contribution in [0.1, 0.15) is 68.7 Å². The van der Waals surface area contributed by atoms with E-state index in [0.29, 0.717) is 40.8 Å². The summed E-state index contributed by atoms with van der Waals surface area (Å²) in [4.78, 5) is 38.7. The van der Waals surface area contributed by atoms with Crippen LogP contribution in [0.2, 0.25) is 5.02 Å². The van der Waals surface area contributed by atoms with Crippen LogP contribution in [0.4, 0.5) is 11.6 Å². The molecule has 0 spiro atoms. The largest absolute Gasteiger partial charge is 0.493 e. The van der Waals surface area contributed by atoms with Gasteiger partial charge in [0.15, 0.2) is 17.3 Å². The standard InChI is InChI=1S/C35H45ClN6O4/c1-22(2)46-30-18-28-25(16-29(30)45-5)17-34(44)42(35(28)24-8-10-26(36)11-9-24)32-20-39-31(19-40-32)41(4)15-14-23-6-12-27(13-7-23)38-21-33(43)37-3/h8-11,16,18-20,22-23,27,35,38H,6-7,12-15,17,21H2,1-5H3,(H,37,43). The first-order valence-corrected chi connectivity index (χ1v) is 16.5. The third-order valence-corrected chi connectivity index (χ3v) is 9.20. The van der Waals surface area contributed by atoms with E-state index in [9.17, 15) is 9.59 Å². The van der Waals surface area contributed by atoms with Gasteiger partial charge in [0.25, 0.3) is 0 Å². The number of nitrogens with zero attached hydrogens (tertiary/aromatic N) is 4. The van der Waals surface area contributed by atoms with Crippen LogP contribution in [0.5, 0.6) is 11.5 Å². The Balaban J connectivity index is 1.31. The molecule has 10 nitrogen and oxygen atoms in total. The average molecular weight is 649 g/mol. The van der Waals surface area contributed by atoms with Crippen LogP contribution >= 0.6 is 11.6 Å². The van der Waals surface area contributed by atoms with Gasteiger partial charge in [-0.3, -0.25) is 14.5 Å². The van der Waals surface area contributed by atoms with Crippen molar-refractivity contribution in [3.05, 3.63) is 70.5 Å². The fourth-order valence-electron chi connectivity index (χ4n) is 6.40. The van der Waals surface area contributed by atoms with Crippen molar-refractivity contribution in [2.75, 3.05) is 44.1 Å². The second kappa shape index (κ2) is 15.1. The smallest absolute Gasteiger partial charge is 0.233 e. The first kappa shape index (κ1) is 33.5. The van der Waals surface area contributed by atoms with E-state index in [4.69, 9.17) is 31.0 Å². The van der Waals surface area contributed by atoms with Gasteiger partial charge in [0, 0.05) is 31.7 Å². The summed E-state index contributed by atoms with van der Waals surface area (Å²) in [5.41, 5.74) is 2.73. The topological polar surface area (TPSA) is 109 Å². The van der Waals surface area contributed by atoms with Crippen LogP contribution in [-0.4, -0.2) is 68.2 Å². The van der Waals surface area contributed by atoms with Gasteiger partial charge in [0.1, 0.15) is 5.82 Å². The molecule has 3 aromatic rings. The minimum atomic E-state index is -0.451. The number of ether oxygens (including phenoxy) is 2. The van der Waals surface area contributed by atoms with Crippen LogP contribution in [0.3, 0.4) is 0 Å². The number of fused-ring (bicyclic) bond motifs is 1. The Bertz CT molecular complexity index is 1490. The van der Waals surface area contributed by atoms with E-state index in [-0.39, 0.29) is 24.3 Å². The van der Waals surface area contributed by atoms with Crippen molar-refractivity contribution in [3.8, 4) is 11.5 Å². The number of nitrogens with one attached hydrogen (secondary N) is 2. The second-order valence-corrected chi connectivity index (χ2v) is 12.9. The summed E-state index contributed by atoms with van der Waals surface area (Å²) in [5.74, 6) is 3.05. The normalized spacial score (nSPS) is 19.5. The molecular formula is C35H45ClN6O4. The Morgan fingerprint density at radius 1 is 1.09 bits per heavy atom.